The second-order valence-corrected chi connectivity index (χ2v) is 7.34. The van der Waals surface area contributed by atoms with Gasteiger partial charge in [0.15, 0.2) is 0 Å². The molecule has 1 aliphatic heterocycles. The highest BCUT2D eigenvalue weighted by molar-refractivity contribution is 7.99. The summed E-state index contributed by atoms with van der Waals surface area (Å²) in [6.07, 6.45) is 5.15. The minimum absolute atomic E-state index is 0.0813. The number of fused-ring (bicyclic) bond motifs is 1. The number of nitrogens with one attached hydrogen (secondary N) is 2. The van der Waals surface area contributed by atoms with Gasteiger partial charge in [-0.2, -0.15) is 11.8 Å². The zero-order chi connectivity index (χ0) is 14.8. The molecule has 0 bridgehead atoms. The van der Waals surface area contributed by atoms with Crippen molar-refractivity contribution in [3.63, 3.8) is 0 Å². The van der Waals surface area contributed by atoms with E-state index >= 15 is 0 Å². The van der Waals surface area contributed by atoms with Crippen molar-refractivity contribution in [3.05, 3.63) is 17.7 Å². The van der Waals surface area contributed by atoms with Crippen LogP contribution in [0.1, 0.15) is 38.2 Å². The Kier molecular flexibility index (Phi) is 4.29. The molecular weight excluding hydrogens is 282 g/mol. The Hall–Kier alpha value is -1.36. The molecule has 0 radical (unpaired) electrons. The Morgan fingerprint density at radius 3 is 3.05 bits per heavy atom. The molecule has 4 N–H and O–H groups in total. The minimum atomic E-state index is 0.0813. The van der Waals surface area contributed by atoms with Crippen molar-refractivity contribution in [1.29, 1.82) is 0 Å². The van der Waals surface area contributed by atoms with E-state index in [2.05, 4.69) is 23.6 Å². The number of benzene rings is 1. The highest BCUT2D eigenvalue weighted by Crippen LogP contribution is 2.36. The van der Waals surface area contributed by atoms with Gasteiger partial charge in [0.05, 0.1) is 11.4 Å². The molecule has 5 heteroatoms. The smallest absolute Gasteiger partial charge is 0.224 e. The number of anilines is 3. The van der Waals surface area contributed by atoms with E-state index in [4.69, 9.17) is 5.73 Å². The Bertz CT molecular complexity index is 547. The highest BCUT2D eigenvalue weighted by atomic mass is 32.2. The Morgan fingerprint density at radius 2 is 2.24 bits per heavy atom. The largest absolute Gasteiger partial charge is 0.397 e. The number of hydrogen-bond donors (Lipinski definition) is 3. The van der Waals surface area contributed by atoms with Crippen LogP contribution in [-0.4, -0.2) is 23.0 Å². The zero-order valence-corrected chi connectivity index (χ0v) is 13.3. The standard InChI is InChI=1S/C16H23N3OS/c1-2-21-15-5-3-4-12(15)18-14-8-10-6-7-16(20)19-13(10)9-11(14)17/h8-9,12,15,18H,2-7,17H2,1H3,(H,19,20). The van der Waals surface area contributed by atoms with E-state index in [9.17, 15) is 4.79 Å². The normalized spacial score (nSPS) is 24.5. The maximum absolute atomic E-state index is 11.4. The lowest BCUT2D eigenvalue weighted by atomic mass is 10.0. The summed E-state index contributed by atoms with van der Waals surface area (Å²) in [6, 6.07) is 4.52. The van der Waals surface area contributed by atoms with Crippen LogP contribution in [0.25, 0.3) is 0 Å². The van der Waals surface area contributed by atoms with Gasteiger partial charge in [0.2, 0.25) is 5.91 Å². The molecule has 2 atom stereocenters. The van der Waals surface area contributed by atoms with Gasteiger partial charge in [0.1, 0.15) is 0 Å². The van der Waals surface area contributed by atoms with Crippen LogP contribution in [0.15, 0.2) is 12.1 Å². The molecule has 1 heterocycles. The zero-order valence-electron chi connectivity index (χ0n) is 12.4. The topological polar surface area (TPSA) is 67.2 Å². The lowest BCUT2D eigenvalue weighted by Crippen LogP contribution is -2.27. The van der Waals surface area contributed by atoms with E-state index in [1.165, 1.54) is 24.8 Å². The summed E-state index contributed by atoms with van der Waals surface area (Å²) in [5.41, 5.74) is 9.98. The van der Waals surface area contributed by atoms with Crippen molar-refractivity contribution < 1.29 is 4.79 Å². The van der Waals surface area contributed by atoms with E-state index in [0.29, 0.717) is 17.7 Å². The second kappa shape index (κ2) is 6.18. The third-order valence-electron chi connectivity index (χ3n) is 4.35. The highest BCUT2D eigenvalue weighted by Gasteiger charge is 2.28. The molecule has 1 fully saturated rings. The molecule has 4 nitrogen and oxygen atoms in total. The molecule has 21 heavy (non-hydrogen) atoms. The third kappa shape index (κ3) is 3.12. The van der Waals surface area contributed by atoms with Crippen LogP contribution in [0.2, 0.25) is 0 Å². The van der Waals surface area contributed by atoms with E-state index in [1.54, 1.807) is 0 Å². The molecule has 3 rings (SSSR count). The quantitative estimate of drug-likeness (QED) is 0.747. The molecule has 1 amide bonds. The lowest BCUT2D eigenvalue weighted by Gasteiger charge is -2.24. The molecule has 2 unspecified atom stereocenters. The Labute approximate surface area is 130 Å². The summed E-state index contributed by atoms with van der Waals surface area (Å²) in [6.45, 7) is 2.22. The van der Waals surface area contributed by atoms with E-state index < -0.39 is 0 Å². The first-order chi connectivity index (χ1) is 10.2. The predicted octanol–water partition coefficient (Wildman–Crippen LogP) is 3.24. The summed E-state index contributed by atoms with van der Waals surface area (Å²) in [4.78, 5) is 11.4. The van der Waals surface area contributed by atoms with Gasteiger partial charge in [-0.3, -0.25) is 4.79 Å². The average molecular weight is 305 g/mol. The summed E-state index contributed by atoms with van der Waals surface area (Å²) >= 11 is 2.04. The monoisotopic (exact) mass is 305 g/mol. The number of amides is 1. The first kappa shape index (κ1) is 14.6. The minimum Gasteiger partial charge on any atom is -0.397 e. The van der Waals surface area contributed by atoms with Crippen molar-refractivity contribution in [2.24, 2.45) is 0 Å². The summed E-state index contributed by atoms with van der Waals surface area (Å²) in [5, 5.41) is 7.23. The second-order valence-electron chi connectivity index (χ2n) is 5.82. The van der Waals surface area contributed by atoms with Crippen LogP contribution in [0.5, 0.6) is 0 Å². The van der Waals surface area contributed by atoms with Crippen LogP contribution >= 0.6 is 11.8 Å². The molecule has 1 saturated carbocycles. The number of carbonyl (C=O) groups excluding carboxylic acids is 1. The van der Waals surface area contributed by atoms with Crippen molar-refractivity contribution in [2.45, 2.75) is 50.3 Å². The van der Waals surface area contributed by atoms with Crippen molar-refractivity contribution in [2.75, 3.05) is 22.1 Å². The van der Waals surface area contributed by atoms with Gasteiger partial charge in [0, 0.05) is 23.4 Å². The van der Waals surface area contributed by atoms with E-state index in [-0.39, 0.29) is 5.91 Å². The number of aryl methyl sites for hydroxylation is 1. The van der Waals surface area contributed by atoms with Crippen molar-refractivity contribution >= 4 is 34.7 Å². The van der Waals surface area contributed by atoms with Gasteiger partial charge < -0.3 is 16.4 Å². The number of rotatable bonds is 4. The van der Waals surface area contributed by atoms with Crippen LogP contribution in [0.3, 0.4) is 0 Å². The van der Waals surface area contributed by atoms with Gasteiger partial charge in [0.25, 0.3) is 0 Å². The molecule has 0 saturated heterocycles. The van der Waals surface area contributed by atoms with Crippen LogP contribution in [0.4, 0.5) is 17.1 Å². The number of carbonyl (C=O) groups is 1. The molecule has 1 aromatic rings. The van der Waals surface area contributed by atoms with Gasteiger partial charge in [-0.25, -0.2) is 0 Å². The fourth-order valence-corrected chi connectivity index (χ4v) is 4.47. The van der Waals surface area contributed by atoms with Gasteiger partial charge >= 0.3 is 0 Å². The summed E-state index contributed by atoms with van der Waals surface area (Å²) in [5.74, 6) is 1.24. The van der Waals surface area contributed by atoms with Gasteiger partial charge in [-0.15, -0.1) is 0 Å². The molecule has 0 aromatic heterocycles. The lowest BCUT2D eigenvalue weighted by molar-refractivity contribution is -0.116. The Morgan fingerprint density at radius 1 is 1.38 bits per heavy atom. The molecule has 114 valence electrons. The van der Waals surface area contributed by atoms with Crippen LogP contribution < -0.4 is 16.4 Å². The predicted molar refractivity (Wildman–Crippen MR) is 91.0 cm³/mol. The molecule has 2 aliphatic rings. The number of nitrogen functional groups attached to an aromatic ring is 1. The maximum atomic E-state index is 11.4. The molecule has 0 spiro atoms. The third-order valence-corrected chi connectivity index (χ3v) is 5.67. The number of thioether (sulfide) groups is 1. The number of nitrogens with two attached hydrogens (primary N) is 1. The SMILES string of the molecule is CCSC1CCCC1Nc1cc2c(cc1N)NC(=O)CC2. The molecule has 1 aliphatic carbocycles. The Balaban J connectivity index is 1.78. The first-order valence-electron chi connectivity index (χ1n) is 7.77. The van der Waals surface area contributed by atoms with Gasteiger partial charge in [-0.05, 0) is 42.7 Å². The van der Waals surface area contributed by atoms with E-state index in [0.717, 1.165) is 29.2 Å². The van der Waals surface area contributed by atoms with Crippen LogP contribution in [-0.2, 0) is 11.2 Å². The maximum Gasteiger partial charge on any atom is 0.224 e. The van der Waals surface area contributed by atoms with Crippen molar-refractivity contribution in [1.82, 2.24) is 0 Å². The fourth-order valence-electron chi connectivity index (χ4n) is 3.27. The fraction of sp³-hybridized carbons (Fsp3) is 0.562. The summed E-state index contributed by atoms with van der Waals surface area (Å²) < 4.78 is 0. The number of hydrogen-bond acceptors (Lipinski definition) is 4. The molecule has 1 aromatic carbocycles. The first-order valence-corrected chi connectivity index (χ1v) is 8.82. The van der Waals surface area contributed by atoms with Crippen molar-refractivity contribution in [3.8, 4) is 0 Å². The van der Waals surface area contributed by atoms with Crippen LogP contribution in [0, 0.1) is 0 Å². The van der Waals surface area contributed by atoms with E-state index in [1.807, 2.05) is 17.8 Å². The summed E-state index contributed by atoms with van der Waals surface area (Å²) in [7, 11) is 0. The molecular formula is C16H23N3OS. The average Bonchev–Trinajstić information content (AvgIpc) is 2.88. The van der Waals surface area contributed by atoms with Gasteiger partial charge in [-0.1, -0.05) is 13.3 Å².